The second kappa shape index (κ2) is 6.72. The number of thiophene rings is 1. The van der Waals surface area contributed by atoms with Crippen LogP contribution in [0.2, 0.25) is 0 Å². The number of ketones is 1. The van der Waals surface area contributed by atoms with Crippen LogP contribution in [-0.4, -0.2) is 66.2 Å². The van der Waals surface area contributed by atoms with Gasteiger partial charge < -0.3 is 10.2 Å². The Hall–Kier alpha value is -1.99. The maximum Gasteiger partial charge on any atom is 0.239 e. The lowest BCUT2D eigenvalue weighted by atomic mass is 10.0. The number of fused-ring (bicyclic) bond motifs is 1. The van der Waals surface area contributed by atoms with Gasteiger partial charge in [-0.25, -0.2) is 0 Å². The third kappa shape index (κ3) is 3.14. The molecule has 4 rings (SSSR count). The zero-order valence-electron chi connectivity index (χ0n) is 14.0. The van der Waals surface area contributed by atoms with E-state index in [1.807, 2.05) is 17.5 Å². The third-order valence-electron chi connectivity index (χ3n) is 5.29. The number of carbonyl (C=O) groups is 3. The number of allylic oxidation sites excluding steroid dienone is 1. The molecule has 6 nitrogen and oxygen atoms in total. The molecule has 1 aromatic heterocycles. The van der Waals surface area contributed by atoms with Crippen LogP contribution in [0.25, 0.3) is 5.57 Å². The Balaban J connectivity index is 1.49. The zero-order valence-corrected chi connectivity index (χ0v) is 14.8. The van der Waals surface area contributed by atoms with Crippen LogP contribution in [-0.2, 0) is 14.4 Å². The molecule has 0 aromatic carbocycles. The number of hydrogen-bond acceptors (Lipinski definition) is 5. The number of Topliss-reactive ketones (excluding diaryl/α,β-unsaturated/α-hetero) is 1. The number of rotatable bonds is 3. The van der Waals surface area contributed by atoms with Gasteiger partial charge in [-0.1, -0.05) is 6.07 Å². The van der Waals surface area contributed by atoms with E-state index in [1.54, 1.807) is 16.2 Å². The van der Waals surface area contributed by atoms with E-state index in [1.165, 1.54) is 0 Å². The summed E-state index contributed by atoms with van der Waals surface area (Å²) in [4.78, 5) is 42.1. The van der Waals surface area contributed by atoms with E-state index in [-0.39, 0.29) is 30.1 Å². The van der Waals surface area contributed by atoms with Crippen LogP contribution in [0.3, 0.4) is 0 Å². The smallest absolute Gasteiger partial charge is 0.239 e. The van der Waals surface area contributed by atoms with E-state index in [0.29, 0.717) is 38.2 Å². The first-order chi connectivity index (χ1) is 12.1. The van der Waals surface area contributed by atoms with E-state index in [4.69, 9.17) is 0 Å². The van der Waals surface area contributed by atoms with Crippen LogP contribution in [0.15, 0.2) is 23.1 Å². The number of amides is 2. The quantitative estimate of drug-likeness (QED) is 0.871. The minimum atomic E-state index is -0.253. The van der Waals surface area contributed by atoms with Crippen LogP contribution in [0.5, 0.6) is 0 Å². The Kier molecular flexibility index (Phi) is 4.43. The summed E-state index contributed by atoms with van der Waals surface area (Å²) in [5.41, 5.74) is 1.70. The van der Waals surface area contributed by atoms with E-state index >= 15 is 0 Å². The summed E-state index contributed by atoms with van der Waals surface area (Å²) in [6.07, 6.45) is 1.37. The molecule has 1 unspecified atom stereocenters. The Morgan fingerprint density at radius 1 is 1.24 bits per heavy atom. The number of carbonyl (C=O) groups excluding carboxylic acids is 3. The molecule has 1 N–H and O–H groups in total. The molecule has 1 aliphatic carbocycles. The standard InChI is InChI=1S/C18H21N3O3S/c22-15-4-3-12(16-2-1-9-25-16)13(15)10-17(23)21-8-7-20-6-5-19-18(24)14(20)11-21/h1-2,9,14H,3-8,10-11H2,(H,19,24). The lowest BCUT2D eigenvalue weighted by Gasteiger charge is -2.43. The number of nitrogens with one attached hydrogen (secondary N) is 1. The van der Waals surface area contributed by atoms with Gasteiger partial charge in [0.05, 0.1) is 6.42 Å². The van der Waals surface area contributed by atoms with Gasteiger partial charge in [-0.15, -0.1) is 11.3 Å². The van der Waals surface area contributed by atoms with Crippen LogP contribution in [0, 0.1) is 0 Å². The predicted molar refractivity (Wildman–Crippen MR) is 95.0 cm³/mol. The van der Waals surface area contributed by atoms with Gasteiger partial charge in [0.25, 0.3) is 0 Å². The first kappa shape index (κ1) is 16.5. The van der Waals surface area contributed by atoms with Crippen molar-refractivity contribution in [2.24, 2.45) is 0 Å². The van der Waals surface area contributed by atoms with E-state index in [2.05, 4.69) is 10.2 Å². The van der Waals surface area contributed by atoms with Crippen molar-refractivity contribution in [1.29, 1.82) is 0 Å². The molecule has 1 aromatic rings. The van der Waals surface area contributed by atoms with Gasteiger partial charge in [0.15, 0.2) is 5.78 Å². The van der Waals surface area contributed by atoms with Crippen molar-refractivity contribution in [1.82, 2.24) is 15.1 Å². The molecular weight excluding hydrogens is 338 g/mol. The first-order valence-electron chi connectivity index (χ1n) is 8.72. The number of hydrogen-bond donors (Lipinski definition) is 1. The third-order valence-corrected chi connectivity index (χ3v) is 6.22. The Bertz CT molecular complexity index is 741. The van der Waals surface area contributed by atoms with Crippen molar-refractivity contribution >= 4 is 34.5 Å². The summed E-state index contributed by atoms with van der Waals surface area (Å²) in [6, 6.07) is 3.72. The topological polar surface area (TPSA) is 69.7 Å². The first-order valence-corrected chi connectivity index (χ1v) is 9.60. The fourth-order valence-electron chi connectivity index (χ4n) is 3.90. The summed E-state index contributed by atoms with van der Waals surface area (Å²) in [5, 5.41) is 4.86. The molecule has 0 bridgehead atoms. The van der Waals surface area contributed by atoms with Gasteiger partial charge >= 0.3 is 0 Å². The lowest BCUT2D eigenvalue weighted by Crippen LogP contribution is -2.64. The summed E-state index contributed by atoms with van der Waals surface area (Å²) >= 11 is 1.61. The molecule has 0 saturated carbocycles. The van der Waals surface area contributed by atoms with E-state index in [9.17, 15) is 14.4 Å². The van der Waals surface area contributed by atoms with Gasteiger partial charge in [0, 0.05) is 49.6 Å². The SMILES string of the molecule is O=C1CCC(c2cccs2)=C1CC(=O)N1CCN2CCNC(=O)C2C1. The molecule has 0 spiro atoms. The average molecular weight is 359 g/mol. The molecule has 2 aliphatic heterocycles. The summed E-state index contributed by atoms with van der Waals surface area (Å²) in [5.74, 6) is 0.0438. The molecule has 2 fully saturated rings. The molecular formula is C18H21N3O3S. The molecule has 7 heteroatoms. The normalized spacial score (nSPS) is 24.5. The van der Waals surface area contributed by atoms with Gasteiger partial charge in [-0.3, -0.25) is 19.3 Å². The van der Waals surface area contributed by atoms with Crippen molar-refractivity contribution in [3.05, 3.63) is 28.0 Å². The zero-order chi connectivity index (χ0) is 17.4. The van der Waals surface area contributed by atoms with Crippen LogP contribution >= 0.6 is 11.3 Å². The van der Waals surface area contributed by atoms with Gasteiger partial charge in [-0.2, -0.15) is 0 Å². The Morgan fingerprint density at radius 3 is 2.92 bits per heavy atom. The van der Waals surface area contributed by atoms with Crippen molar-refractivity contribution in [2.45, 2.75) is 25.3 Å². The predicted octanol–water partition coefficient (Wildman–Crippen LogP) is 0.897. The largest absolute Gasteiger partial charge is 0.353 e. The van der Waals surface area contributed by atoms with Crippen LogP contribution in [0.1, 0.15) is 24.1 Å². The summed E-state index contributed by atoms with van der Waals surface area (Å²) in [6.45, 7) is 3.27. The maximum absolute atomic E-state index is 12.8. The van der Waals surface area contributed by atoms with Crippen LogP contribution in [0.4, 0.5) is 0 Å². The molecule has 1 atom stereocenters. The Morgan fingerprint density at radius 2 is 2.12 bits per heavy atom. The second-order valence-electron chi connectivity index (χ2n) is 6.72. The fourth-order valence-corrected chi connectivity index (χ4v) is 4.73. The summed E-state index contributed by atoms with van der Waals surface area (Å²) < 4.78 is 0. The molecule has 2 saturated heterocycles. The number of piperazine rings is 2. The lowest BCUT2D eigenvalue weighted by molar-refractivity contribution is -0.139. The highest BCUT2D eigenvalue weighted by Gasteiger charge is 2.37. The van der Waals surface area contributed by atoms with E-state index < -0.39 is 0 Å². The van der Waals surface area contributed by atoms with Gasteiger partial charge in [0.1, 0.15) is 6.04 Å². The highest BCUT2D eigenvalue weighted by atomic mass is 32.1. The average Bonchev–Trinajstić information content (AvgIpc) is 3.26. The van der Waals surface area contributed by atoms with Gasteiger partial charge in [-0.05, 0) is 23.4 Å². The molecule has 0 radical (unpaired) electrons. The minimum Gasteiger partial charge on any atom is -0.353 e. The second-order valence-corrected chi connectivity index (χ2v) is 7.66. The highest BCUT2D eigenvalue weighted by Crippen LogP contribution is 2.36. The highest BCUT2D eigenvalue weighted by molar-refractivity contribution is 7.11. The van der Waals surface area contributed by atoms with Crippen LogP contribution < -0.4 is 5.32 Å². The Labute approximate surface area is 150 Å². The van der Waals surface area contributed by atoms with Crippen molar-refractivity contribution < 1.29 is 14.4 Å². The van der Waals surface area contributed by atoms with Crippen molar-refractivity contribution in [2.75, 3.05) is 32.7 Å². The molecule has 3 heterocycles. The van der Waals surface area contributed by atoms with E-state index in [0.717, 1.165) is 23.4 Å². The molecule has 25 heavy (non-hydrogen) atoms. The minimum absolute atomic E-state index is 0.000757. The fraction of sp³-hybridized carbons (Fsp3) is 0.500. The molecule has 132 valence electrons. The summed E-state index contributed by atoms with van der Waals surface area (Å²) in [7, 11) is 0. The monoisotopic (exact) mass is 359 g/mol. The van der Waals surface area contributed by atoms with Gasteiger partial charge in [0.2, 0.25) is 11.8 Å². The van der Waals surface area contributed by atoms with Crippen molar-refractivity contribution in [3.63, 3.8) is 0 Å². The van der Waals surface area contributed by atoms with Crippen molar-refractivity contribution in [3.8, 4) is 0 Å². The molecule has 2 amide bonds. The number of nitrogens with zero attached hydrogens (tertiary/aromatic N) is 2. The maximum atomic E-state index is 12.8. The molecule has 3 aliphatic rings.